The fourth-order valence-electron chi connectivity index (χ4n) is 4.87. The summed E-state index contributed by atoms with van der Waals surface area (Å²) in [5, 5.41) is 13.6. The second kappa shape index (κ2) is 12.2. The predicted molar refractivity (Wildman–Crippen MR) is 138 cm³/mol. The lowest BCUT2D eigenvalue weighted by Crippen LogP contribution is -2.36. The fourth-order valence-corrected chi connectivity index (χ4v) is 5.45. The van der Waals surface area contributed by atoms with E-state index < -0.39 is 41.8 Å². The van der Waals surface area contributed by atoms with Gasteiger partial charge >= 0.3 is 5.97 Å². The molecule has 0 spiro atoms. The van der Waals surface area contributed by atoms with Gasteiger partial charge in [0.2, 0.25) is 0 Å². The van der Waals surface area contributed by atoms with Crippen molar-refractivity contribution in [1.82, 2.24) is 19.7 Å². The molecule has 4 rings (SSSR count). The van der Waals surface area contributed by atoms with Gasteiger partial charge in [0.05, 0.1) is 51.6 Å². The third-order valence-electron chi connectivity index (χ3n) is 6.76. The van der Waals surface area contributed by atoms with Gasteiger partial charge in [-0.15, -0.1) is 0 Å². The molecule has 1 aromatic carbocycles. The maximum absolute atomic E-state index is 13.9. The molecule has 0 radical (unpaired) electrons. The maximum atomic E-state index is 13.9. The lowest BCUT2D eigenvalue weighted by Gasteiger charge is -2.28. The zero-order valence-electron chi connectivity index (χ0n) is 20.6. The Morgan fingerprint density at radius 1 is 1.03 bits per heavy atom. The Balaban J connectivity index is 1.66. The van der Waals surface area contributed by atoms with Crippen molar-refractivity contribution in [1.29, 1.82) is 0 Å². The summed E-state index contributed by atoms with van der Waals surface area (Å²) < 4.78 is 29.5. The lowest BCUT2D eigenvalue weighted by molar-refractivity contribution is -0.143. The summed E-state index contributed by atoms with van der Waals surface area (Å²) in [4.78, 5) is 43.3. The number of aliphatic carboxylic acids is 1. The smallest absolute Gasteiger partial charge is 0.306 e. The van der Waals surface area contributed by atoms with E-state index in [2.05, 4.69) is 10.1 Å². The number of ketones is 1. The summed E-state index contributed by atoms with van der Waals surface area (Å²) >= 11 is 12.3. The van der Waals surface area contributed by atoms with E-state index in [9.17, 15) is 28.3 Å². The Morgan fingerprint density at radius 3 is 2.21 bits per heavy atom. The second-order valence-electron chi connectivity index (χ2n) is 9.34. The fraction of sp³-hybridized carbons (Fsp3) is 0.346. The number of nitrogens with two attached hydrogens (primary N) is 1. The molecule has 1 amide bonds. The van der Waals surface area contributed by atoms with Crippen molar-refractivity contribution in [3.05, 3.63) is 80.9 Å². The largest absolute Gasteiger partial charge is 0.481 e. The predicted octanol–water partition coefficient (Wildman–Crippen LogP) is 4.66. The SMILES string of the molecule is NCc1c(C(=O)N(CC(=O)c2c(Cl)cncc2Cl)Cc2cc(F)cc(F)c2)cnn1C1CCC(C(=O)O)CC1. The number of Topliss-reactive ketones (excluding diaryl/α,β-unsaturated/α-hetero) is 1. The molecule has 1 saturated carbocycles. The number of hydrogen-bond acceptors (Lipinski definition) is 6. The number of carboxylic acid groups (broad SMARTS) is 1. The number of halogens is 4. The maximum Gasteiger partial charge on any atom is 0.306 e. The van der Waals surface area contributed by atoms with Crippen LogP contribution < -0.4 is 5.73 Å². The Morgan fingerprint density at radius 2 is 1.64 bits per heavy atom. The number of amides is 1. The van der Waals surface area contributed by atoms with Crippen molar-refractivity contribution in [2.24, 2.45) is 11.7 Å². The molecule has 206 valence electrons. The molecule has 3 N–H and O–H groups in total. The van der Waals surface area contributed by atoms with E-state index in [1.165, 1.54) is 18.6 Å². The molecule has 0 unspecified atom stereocenters. The Labute approximate surface area is 232 Å². The monoisotopic (exact) mass is 579 g/mol. The molecular weight excluding hydrogens is 555 g/mol. The molecule has 0 atom stereocenters. The minimum atomic E-state index is -0.840. The number of carboxylic acids is 1. The summed E-state index contributed by atoms with van der Waals surface area (Å²) in [6, 6.07) is 2.68. The van der Waals surface area contributed by atoms with Crippen LogP contribution >= 0.6 is 23.2 Å². The minimum Gasteiger partial charge on any atom is -0.481 e. The molecular formula is C26H25Cl2F2N5O4. The van der Waals surface area contributed by atoms with Gasteiger partial charge in [-0.1, -0.05) is 23.2 Å². The highest BCUT2D eigenvalue weighted by atomic mass is 35.5. The first kappa shape index (κ1) is 28.6. The van der Waals surface area contributed by atoms with E-state index in [1.807, 2.05) is 0 Å². The summed E-state index contributed by atoms with van der Waals surface area (Å²) in [5.41, 5.74) is 6.61. The zero-order chi connectivity index (χ0) is 28.3. The molecule has 1 aliphatic rings. The van der Waals surface area contributed by atoms with Crippen LogP contribution in [0.5, 0.6) is 0 Å². The van der Waals surface area contributed by atoms with Gasteiger partial charge in [-0.25, -0.2) is 8.78 Å². The summed E-state index contributed by atoms with van der Waals surface area (Å²) in [6.07, 6.45) is 5.84. The molecule has 0 saturated heterocycles. The number of pyridine rings is 1. The van der Waals surface area contributed by atoms with Crippen LogP contribution in [0.3, 0.4) is 0 Å². The van der Waals surface area contributed by atoms with E-state index in [-0.39, 0.29) is 45.9 Å². The molecule has 9 nitrogen and oxygen atoms in total. The summed E-state index contributed by atoms with van der Waals surface area (Å²) in [6.45, 7) is -0.879. The van der Waals surface area contributed by atoms with Gasteiger partial charge in [0, 0.05) is 31.5 Å². The van der Waals surface area contributed by atoms with Crippen LogP contribution in [0.2, 0.25) is 10.0 Å². The molecule has 1 fully saturated rings. The van der Waals surface area contributed by atoms with Crippen molar-refractivity contribution < 1.29 is 28.3 Å². The van der Waals surface area contributed by atoms with E-state index in [0.717, 1.165) is 17.0 Å². The number of aromatic nitrogens is 3. The number of hydrogen-bond donors (Lipinski definition) is 2. The van der Waals surface area contributed by atoms with Crippen LogP contribution in [-0.2, 0) is 17.9 Å². The topological polar surface area (TPSA) is 131 Å². The first-order chi connectivity index (χ1) is 18.6. The van der Waals surface area contributed by atoms with Gasteiger partial charge in [0.25, 0.3) is 5.91 Å². The van der Waals surface area contributed by atoms with Crippen LogP contribution in [0.1, 0.15) is 63.7 Å². The summed E-state index contributed by atoms with van der Waals surface area (Å²) in [5.74, 6) is -4.19. The van der Waals surface area contributed by atoms with Gasteiger partial charge in [-0.3, -0.25) is 24.0 Å². The van der Waals surface area contributed by atoms with Crippen LogP contribution in [0.4, 0.5) is 8.78 Å². The van der Waals surface area contributed by atoms with Gasteiger partial charge in [-0.2, -0.15) is 5.10 Å². The third kappa shape index (κ3) is 6.43. The van der Waals surface area contributed by atoms with Gasteiger partial charge in [0.1, 0.15) is 11.6 Å². The van der Waals surface area contributed by atoms with E-state index in [1.54, 1.807) is 4.68 Å². The molecule has 2 heterocycles. The summed E-state index contributed by atoms with van der Waals surface area (Å²) in [7, 11) is 0. The lowest BCUT2D eigenvalue weighted by atomic mass is 9.86. The van der Waals surface area contributed by atoms with Crippen LogP contribution in [0.15, 0.2) is 36.8 Å². The van der Waals surface area contributed by atoms with Gasteiger partial charge < -0.3 is 15.7 Å². The molecule has 39 heavy (non-hydrogen) atoms. The average molecular weight is 580 g/mol. The first-order valence-electron chi connectivity index (χ1n) is 12.1. The zero-order valence-corrected chi connectivity index (χ0v) is 22.1. The Kier molecular flexibility index (Phi) is 8.94. The van der Waals surface area contributed by atoms with Gasteiger partial charge in [0.15, 0.2) is 5.78 Å². The highest BCUT2D eigenvalue weighted by molar-refractivity contribution is 6.39. The number of rotatable bonds is 9. The highest BCUT2D eigenvalue weighted by Crippen LogP contribution is 2.33. The van der Waals surface area contributed by atoms with Crippen molar-refractivity contribution in [2.45, 2.75) is 44.8 Å². The van der Waals surface area contributed by atoms with Crippen LogP contribution in [0, 0.1) is 17.6 Å². The normalized spacial score (nSPS) is 17.2. The van der Waals surface area contributed by atoms with Gasteiger partial charge in [-0.05, 0) is 43.4 Å². The number of carbonyl (C=O) groups excluding carboxylic acids is 2. The quantitative estimate of drug-likeness (QED) is 0.352. The standard InChI is InChI=1S/C26H25Cl2F2N5O4/c27-20-10-32-11-21(28)24(20)23(36)13-34(12-14-5-16(29)7-17(30)6-14)25(37)19-9-33-35(22(19)8-31)18-3-1-15(2-4-18)26(38)39/h5-7,9-11,15,18H,1-4,8,12-13,31H2,(H,38,39). The number of nitrogens with zero attached hydrogens (tertiary/aromatic N) is 4. The molecule has 1 aliphatic carbocycles. The van der Waals surface area contributed by atoms with E-state index >= 15 is 0 Å². The third-order valence-corrected chi connectivity index (χ3v) is 7.34. The number of benzene rings is 1. The van der Waals surface area contributed by atoms with Crippen molar-refractivity contribution in [3.8, 4) is 0 Å². The van der Waals surface area contributed by atoms with E-state index in [0.29, 0.717) is 37.4 Å². The van der Waals surface area contributed by atoms with Crippen molar-refractivity contribution in [2.75, 3.05) is 6.54 Å². The molecule has 3 aromatic rings. The highest BCUT2D eigenvalue weighted by Gasteiger charge is 2.31. The van der Waals surface area contributed by atoms with Crippen LogP contribution in [0.25, 0.3) is 0 Å². The molecule has 0 aliphatic heterocycles. The van der Waals surface area contributed by atoms with Crippen LogP contribution in [-0.4, -0.2) is 49.0 Å². The van der Waals surface area contributed by atoms with E-state index in [4.69, 9.17) is 28.9 Å². The molecule has 13 heteroatoms. The second-order valence-corrected chi connectivity index (χ2v) is 10.2. The molecule has 2 aromatic heterocycles. The number of carbonyl (C=O) groups is 3. The minimum absolute atomic E-state index is 0.0101. The van der Waals surface area contributed by atoms with Crippen molar-refractivity contribution in [3.63, 3.8) is 0 Å². The Hall–Kier alpha value is -3.41. The first-order valence-corrected chi connectivity index (χ1v) is 12.9. The molecule has 0 bridgehead atoms. The Bertz CT molecular complexity index is 1370. The average Bonchev–Trinajstić information content (AvgIpc) is 3.31. The van der Waals surface area contributed by atoms with Crippen molar-refractivity contribution >= 4 is 40.9 Å².